The maximum atomic E-state index is 13.2. The molecule has 0 spiro atoms. The summed E-state index contributed by atoms with van der Waals surface area (Å²) in [5, 5.41) is 4.31. The number of nitrogens with zero attached hydrogens (tertiary/aromatic N) is 3. The maximum absolute atomic E-state index is 13.2. The Hall–Kier alpha value is -2.32. The van der Waals surface area contributed by atoms with Gasteiger partial charge in [-0.25, -0.2) is 4.39 Å². The van der Waals surface area contributed by atoms with Crippen molar-refractivity contribution in [2.24, 2.45) is 5.92 Å². The Morgan fingerprint density at radius 1 is 1.30 bits per heavy atom. The van der Waals surface area contributed by atoms with Crippen LogP contribution in [-0.2, 0) is 19.7 Å². The second-order valence-corrected chi connectivity index (χ2v) is 8.32. The highest BCUT2D eigenvalue weighted by Gasteiger charge is 2.45. The Kier molecular flexibility index (Phi) is 6.43. The fraction of sp³-hybridized carbons (Fsp3) is 0.591. The van der Waals surface area contributed by atoms with Crippen LogP contribution in [0.2, 0.25) is 0 Å². The van der Waals surface area contributed by atoms with Gasteiger partial charge in [0.1, 0.15) is 12.4 Å². The standard InChI is InChI=1S/C22H28FN3O4/c1-28-11-12-29-14-19(27)26-10-2-9-22(15-26,13-16-3-4-16)21-24-20(30-25-21)17-5-7-18(23)8-6-17/h5-8,16H,2-4,9-15H2,1H3. The molecule has 1 saturated carbocycles. The molecule has 4 rings (SSSR count). The first-order valence-electron chi connectivity index (χ1n) is 10.5. The predicted molar refractivity (Wildman–Crippen MR) is 107 cm³/mol. The van der Waals surface area contributed by atoms with Gasteiger partial charge in [0.2, 0.25) is 5.91 Å². The predicted octanol–water partition coefficient (Wildman–Crippen LogP) is 3.20. The van der Waals surface area contributed by atoms with Crippen LogP contribution in [-0.4, -0.2) is 61.0 Å². The second-order valence-electron chi connectivity index (χ2n) is 8.32. The number of amides is 1. The number of hydrogen-bond acceptors (Lipinski definition) is 6. The molecule has 2 aromatic rings. The van der Waals surface area contributed by atoms with Gasteiger partial charge in [0.15, 0.2) is 5.82 Å². The van der Waals surface area contributed by atoms with Crippen molar-refractivity contribution in [3.8, 4) is 11.5 Å². The van der Waals surface area contributed by atoms with Gasteiger partial charge in [-0.15, -0.1) is 0 Å². The Labute approximate surface area is 175 Å². The van der Waals surface area contributed by atoms with Crippen LogP contribution in [0.3, 0.4) is 0 Å². The van der Waals surface area contributed by atoms with Gasteiger partial charge in [0, 0.05) is 25.8 Å². The zero-order valence-electron chi connectivity index (χ0n) is 17.3. The van der Waals surface area contributed by atoms with Gasteiger partial charge >= 0.3 is 0 Å². The molecule has 1 aromatic carbocycles. The van der Waals surface area contributed by atoms with E-state index in [1.165, 1.54) is 25.0 Å². The summed E-state index contributed by atoms with van der Waals surface area (Å²) in [6.07, 6.45) is 5.16. The highest BCUT2D eigenvalue weighted by molar-refractivity contribution is 5.77. The quantitative estimate of drug-likeness (QED) is 0.583. The van der Waals surface area contributed by atoms with E-state index < -0.39 is 0 Å². The van der Waals surface area contributed by atoms with Crippen LogP contribution in [0.5, 0.6) is 0 Å². The summed E-state index contributed by atoms with van der Waals surface area (Å²) in [6.45, 7) is 2.19. The first kappa shape index (κ1) is 20.9. The van der Waals surface area contributed by atoms with E-state index in [1.54, 1.807) is 19.2 Å². The number of hydrogen-bond donors (Lipinski definition) is 0. The minimum Gasteiger partial charge on any atom is -0.382 e. The van der Waals surface area contributed by atoms with Crippen molar-refractivity contribution >= 4 is 5.91 Å². The largest absolute Gasteiger partial charge is 0.382 e. The minimum absolute atomic E-state index is 0.0202. The van der Waals surface area contributed by atoms with Crippen LogP contribution in [0.25, 0.3) is 11.5 Å². The molecule has 1 aromatic heterocycles. The minimum atomic E-state index is -0.316. The molecule has 1 aliphatic heterocycles. The number of aromatic nitrogens is 2. The number of carbonyl (C=O) groups excluding carboxylic acids is 1. The molecule has 30 heavy (non-hydrogen) atoms. The summed E-state index contributed by atoms with van der Waals surface area (Å²) in [4.78, 5) is 19.2. The number of benzene rings is 1. The molecule has 0 bridgehead atoms. The van der Waals surface area contributed by atoms with Crippen molar-refractivity contribution in [1.82, 2.24) is 15.0 Å². The van der Waals surface area contributed by atoms with E-state index in [2.05, 4.69) is 10.1 Å². The number of piperidine rings is 1. The van der Waals surface area contributed by atoms with Gasteiger partial charge in [-0.05, 0) is 49.4 Å². The van der Waals surface area contributed by atoms with Crippen molar-refractivity contribution in [3.63, 3.8) is 0 Å². The van der Waals surface area contributed by atoms with Gasteiger partial charge in [-0.2, -0.15) is 4.98 Å². The third-order valence-electron chi connectivity index (χ3n) is 5.95. The van der Waals surface area contributed by atoms with Gasteiger partial charge in [-0.1, -0.05) is 18.0 Å². The van der Waals surface area contributed by atoms with Gasteiger partial charge in [0.25, 0.3) is 5.89 Å². The third-order valence-corrected chi connectivity index (χ3v) is 5.95. The molecule has 162 valence electrons. The lowest BCUT2D eigenvalue weighted by atomic mass is 9.75. The monoisotopic (exact) mass is 417 g/mol. The van der Waals surface area contributed by atoms with Gasteiger partial charge in [0.05, 0.1) is 18.6 Å². The SMILES string of the molecule is COCCOCC(=O)N1CCCC(CC2CC2)(c2noc(-c3ccc(F)cc3)n2)C1. The van der Waals surface area contributed by atoms with Crippen molar-refractivity contribution in [1.29, 1.82) is 0 Å². The molecular formula is C22H28FN3O4. The van der Waals surface area contributed by atoms with Crippen LogP contribution in [0.1, 0.15) is 37.9 Å². The number of ether oxygens (including phenoxy) is 2. The van der Waals surface area contributed by atoms with E-state index in [1.807, 2.05) is 4.90 Å². The normalized spacial score (nSPS) is 21.7. The summed E-state index contributed by atoms with van der Waals surface area (Å²) in [5.74, 6) is 1.34. The molecule has 7 nitrogen and oxygen atoms in total. The number of likely N-dealkylation sites (tertiary alicyclic amines) is 1. The molecule has 1 saturated heterocycles. The summed E-state index contributed by atoms with van der Waals surface area (Å²) >= 11 is 0. The Bertz CT molecular complexity index is 852. The topological polar surface area (TPSA) is 77.7 Å². The van der Waals surface area contributed by atoms with Crippen LogP contribution in [0.15, 0.2) is 28.8 Å². The van der Waals surface area contributed by atoms with Crippen LogP contribution >= 0.6 is 0 Å². The lowest BCUT2D eigenvalue weighted by Gasteiger charge is -2.41. The molecule has 1 amide bonds. The van der Waals surface area contributed by atoms with E-state index in [-0.39, 0.29) is 23.7 Å². The van der Waals surface area contributed by atoms with Crippen molar-refractivity contribution in [2.75, 3.05) is 40.0 Å². The van der Waals surface area contributed by atoms with E-state index in [0.29, 0.717) is 49.5 Å². The average molecular weight is 417 g/mol. The zero-order valence-corrected chi connectivity index (χ0v) is 17.3. The molecule has 2 aliphatic rings. The molecular weight excluding hydrogens is 389 g/mol. The molecule has 1 unspecified atom stereocenters. The summed E-state index contributed by atoms with van der Waals surface area (Å²) in [6, 6.07) is 6.02. The number of methoxy groups -OCH3 is 1. The fourth-order valence-corrected chi connectivity index (χ4v) is 4.20. The van der Waals surface area contributed by atoms with Gasteiger partial charge in [-0.3, -0.25) is 4.79 Å². The van der Waals surface area contributed by atoms with Crippen LogP contribution < -0.4 is 0 Å². The van der Waals surface area contributed by atoms with E-state index in [4.69, 9.17) is 14.0 Å². The summed E-state index contributed by atoms with van der Waals surface area (Å²) in [5.41, 5.74) is 0.371. The number of carbonyl (C=O) groups is 1. The third kappa shape index (κ3) is 4.87. The summed E-state index contributed by atoms with van der Waals surface area (Å²) < 4.78 is 29.2. The van der Waals surface area contributed by atoms with Crippen LogP contribution in [0, 0.1) is 11.7 Å². The van der Waals surface area contributed by atoms with Crippen molar-refractivity contribution < 1.29 is 23.2 Å². The van der Waals surface area contributed by atoms with E-state index >= 15 is 0 Å². The van der Waals surface area contributed by atoms with Crippen molar-refractivity contribution in [2.45, 2.75) is 37.5 Å². The molecule has 8 heteroatoms. The fourth-order valence-electron chi connectivity index (χ4n) is 4.20. The Balaban J connectivity index is 1.51. The smallest absolute Gasteiger partial charge is 0.257 e. The highest BCUT2D eigenvalue weighted by atomic mass is 19.1. The Morgan fingerprint density at radius 2 is 2.10 bits per heavy atom. The molecule has 1 aliphatic carbocycles. The first-order chi connectivity index (χ1) is 14.6. The lowest BCUT2D eigenvalue weighted by Crippen LogP contribution is -2.50. The average Bonchev–Trinajstić information content (AvgIpc) is 3.42. The lowest BCUT2D eigenvalue weighted by molar-refractivity contribution is -0.139. The maximum Gasteiger partial charge on any atom is 0.257 e. The van der Waals surface area contributed by atoms with Crippen LogP contribution in [0.4, 0.5) is 4.39 Å². The number of rotatable bonds is 9. The summed E-state index contributed by atoms with van der Waals surface area (Å²) in [7, 11) is 1.60. The second kappa shape index (κ2) is 9.22. The Morgan fingerprint density at radius 3 is 2.83 bits per heavy atom. The molecule has 2 fully saturated rings. The molecule has 2 heterocycles. The molecule has 0 radical (unpaired) electrons. The van der Waals surface area contributed by atoms with Gasteiger partial charge < -0.3 is 18.9 Å². The van der Waals surface area contributed by atoms with E-state index in [9.17, 15) is 9.18 Å². The molecule has 0 N–H and O–H groups in total. The van der Waals surface area contributed by atoms with Crippen molar-refractivity contribution in [3.05, 3.63) is 35.9 Å². The zero-order chi connectivity index (χ0) is 21.0. The number of halogens is 1. The van der Waals surface area contributed by atoms with E-state index in [0.717, 1.165) is 19.3 Å². The first-order valence-corrected chi connectivity index (χ1v) is 10.5. The molecule has 1 atom stereocenters. The highest BCUT2D eigenvalue weighted by Crippen LogP contribution is 2.45.